The number of likely N-dealkylation sites (tertiary alicyclic amines) is 1. The summed E-state index contributed by atoms with van der Waals surface area (Å²) in [5.74, 6) is 0.341. The van der Waals surface area contributed by atoms with E-state index in [0.717, 1.165) is 43.1 Å². The summed E-state index contributed by atoms with van der Waals surface area (Å²) in [4.78, 5) is 6.63. The SMILES string of the molecule is CCC1(CO)CCN(Cc2nc(Cc3cccc(C)c3)n(-c3ccc(S(N)(=O)=O)cc3F)n2)C1. The van der Waals surface area contributed by atoms with Crippen LogP contribution in [0, 0.1) is 18.2 Å². The van der Waals surface area contributed by atoms with Crippen molar-refractivity contribution in [2.24, 2.45) is 10.6 Å². The van der Waals surface area contributed by atoms with Gasteiger partial charge in [-0.3, -0.25) is 4.90 Å². The Morgan fingerprint density at radius 1 is 1.24 bits per heavy atom. The Morgan fingerprint density at radius 3 is 2.65 bits per heavy atom. The predicted octanol–water partition coefficient (Wildman–Crippen LogP) is 2.55. The first kappa shape index (κ1) is 24.5. The fourth-order valence-corrected chi connectivity index (χ4v) is 5.02. The lowest BCUT2D eigenvalue weighted by atomic mass is 9.85. The van der Waals surface area contributed by atoms with E-state index in [2.05, 4.69) is 16.9 Å². The van der Waals surface area contributed by atoms with Crippen LogP contribution in [-0.4, -0.2) is 52.9 Å². The zero-order valence-electron chi connectivity index (χ0n) is 19.4. The van der Waals surface area contributed by atoms with E-state index >= 15 is 4.39 Å². The Hall–Kier alpha value is -2.66. The Morgan fingerprint density at radius 2 is 2.03 bits per heavy atom. The molecule has 1 aliphatic rings. The molecule has 1 saturated heterocycles. The lowest BCUT2D eigenvalue weighted by molar-refractivity contribution is 0.122. The largest absolute Gasteiger partial charge is 0.396 e. The maximum atomic E-state index is 15.0. The third kappa shape index (κ3) is 5.20. The lowest BCUT2D eigenvalue weighted by Gasteiger charge is -2.25. The number of aryl methyl sites for hydroxylation is 1. The number of aliphatic hydroxyl groups is 1. The molecule has 1 atom stereocenters. The summed E-state index contributed by atoms with van der Waals surface area (Å²) in [5, 5.41) is 19.6. The highest BCUT2D eigenvalue weighted by Crippen LogP contribution is 2.34. The van der Waals surface area contributed by atoms with Crippen molar-refractivity contribution in [3.8, 4) is 5.69 Å². The highest BCUT2D eigenvalue weighted by molar-refractivity contribution is 7.89. The van der Waals surface area contributed by atoms with Gasteiger partial charge in [-0.05, 0) is 50.1 Å². The predicted molar refractivity (Wildman–Crippen MR) is 126 cm³/mol. The minimum Gasteiger partial charge on any atom is -0.396 e. The second-order valence-corrected chi connectivity index (χ2v) is 10.7. The number of nitrogens with zero attached hydrogens (tertiary/aromatic N) is 4. The van der Waals surface area contributed by atoms with Gasteiger partial charge in [0.2, 0.25) is 10.0 Å². The normalized spacial score (nSPS) is 19.1. The van der Waals surface area contributed by atoms with Crippen LogP contribution in [-0.2, 0) is 23.0 Å². The highest BCUT2D eigenvalue weighted by atomic mass is 32.2. The van der Waals surface area contributed by atoms with Crippen molar-refractivity contribution in [2.45, 2.75) is 44.6 Å². The van der Waals surface area contributed by atoms with Gasteiger partial charge in [-0.1, -0.05) is 36.8 Å². The molecule has 0 bridgehead atoms. The van der Waals surface area contributed by atoms with Crippen LogP contribution in [0.4, 0.5) is 4.39 Å². The molecule has 1 aliphatic heterocycles. The second-order valence-electron chi connectivity index (χ2n) is 9.15. The Balaban J connectivity index is 1.69. The van der Waals surface area contributed by atoms with Gasteiger partial charge in [0.15, 0.2) is 5.82 Å². The summed E-state index contributed by atoms with van der Waals surface area (Å²) in [6, 6.07) is 11.5. The topological polar surface area (TPSA) is 114 Å². The van der Waals surface area contributed by atoms with Crippen LogP contribution >= 0.6 is 0 Å². The summed E-state index contributed by atoms with van der Waals surface area (Å²) < 4.78 is 39.7. The van der Waals surface area contributed by atoms with E-state index < -0.39 is 15.8 Å². The fourth-order valence-electron chi connectivity index (χ4n) is 4.50. The molecule has 34 heavy (non-hydrogen) atoms. The standard InChI is InChI=1S/C24H30FN5O3S/c1-3-24(16-31)9-10-29(15-24)14-22-27-23(12-18-6-4-5-17(2)11-18)30(28-22)21-8-7-19(13-20(21)25)34(26,32)33/h4-8,11,13,31H,3,9-10,12,14-16H2,1-2H3,(H2,26,32,33). The monoisotopic (exact) mass is 487 g/mol. The fraction of sp³-hybridized carbons (Fsp3) is 0.417. The molecule has 3 N–H and O–H groups in total. The van der Waals surface area contributed by atoms with E-state index in [0.29, 0.717) is 24.6 Å². The van der Waals surface area contributed by atoms with Crippen LogP contribution < -0.4 is 5.14 Å². The first-order valence-corrected chi connectivity index (χ1v) is 12.8. The summed E-state index contributed by atoms with van der Waals surface area (Å²) >= 11 is 0. The molecular formula is C24H30FN5O3S. The Bertz CT molecular complexity index is 1290. The van der Waals surface area contributed by atoms with Crippen molar-refractivity contribution in [3.63, 3.8) is 0 Å². The maximum absolute atomic E-state index is 15.0. The Labute approximate surface area is 199 Å². The molecule has 8 nitrogen and oxygen atoms in total. The van der Waals surface area contributed by atoms with E-state index in [4.69, 9.17) is 10.1 Å². The van der Waals surface area contributed by atoms with Crippen LogP contribution in [0.25, 0.3) is 5.69 Å². The summed E-state index contributed by atoms with van der Waals surface area (Å²) in [7, 11) is -4.03. The number of aromatic nitrogens is 3. The molecule has 0 spiro atoms. The number of aliphatic hydroxyl groups excluding tert-OH is 1. The van der Waals surface area contributed by atoms with E-state index in [1.54, 1.807) is 0 Å². The molecule has 0 amide bonds. The first-order valence-electron chi connectivity index (χ1n) is 11.3. The average Bonchev–Trinajstić information content (AvgIpc) is 3.37. The third-order valence-electron chi connectivity index (χ3n) is 6.61. The summed E-state index contributed by atoms with van der Waals surface area (Å²) in [6.45, 7) is 6.28. The van der Waals surface area contributed by atoms with Gasteiger partial charge in [0.05, 0.1) is 11.4 Å². The molecule has 1 aromatic heterocycles. The van der Waals surface area contributed by atoms with Crippen molar-refractivity contribution in [2.75, 3.05) is 19.7 Å². The van der Waals surface area contributed by atoms with Crippen molar-refractivity contribution >= 4 is 10.0 Å². The summed E-state index contributed by atoms with van der Waals surface area (Å²) in [6.07, 6.45) is 2.23. The van der Waals surface area contributed by atoms with Gasteiger partial charge < -0.3 is 5.11 Å². The van der Waals surface area contributed by atoms with Gasteiger partial charge in [0, 0.05) is 25.0 Å². The first-order chi connectivity index (χ1) is 16.1. The van der Waals surface area contributed by atoms with Gasteiger partial charge in [0.1, 0.15) is 17.3 Å². The molecule has 0 aliphatic carbocycles. The van der Waals surface area contributed by atoms with Gasteiger partial charge in [0.25, 0.3) is 0 Å². The second kappa shape index (κ2) is 9.53. The number of hydrogen-bond donors (Lipinski definition) is 2. The zero-order valence-corrected chi connectivity index (χ0v) is 20.2. The van der Waals surface area contributed by atoms with Gasteiger partial charge in [-0.15, -0.1) is 5.10 Å². The number of primary sulfonamides is 1. The zero-order chi connectivity index (χ0) is 24.5. The van der Waals surface area contributed by atoms with Crippen molar-refractivity contribution in [1.82, 2.24) is 19.7 Å². The molecule has 2 aromatic carbocycles. The van der Waals surface area contributed by atoms with Crippen LogP contribution in [0.15, 0.2) is 47.4 Å². The number of benzene rings is 2. The quantitative estimate of drug-likeness (QED) is 0.505. The number of halogens is 1. The number of nitrogens with two attached hydrogens (primary N) is 1. The van der Waals surface area contributed by atoms with Crippen LogP contribution in [0.2, 0.25) is 0 Å². The Kier molecular flexibility index (Phi) is 6.86. The van der Waals surface area contributed by atoms with Crippen LogP contribution in [0.3, 0.4) is 0 Å². The van der Waals surface area contributed by atoms with Gasteiger partial charge in [-0.25, -0.2) is 27.6 Å². The molecule has 1 fully saturated rings. The van der Waals surface area contributed by atoms with Crippen molar-refractivity contribution in [3.05, 3.63) is 71.1 Å². The minimum atomic E-state index is -4.03. The van der Waals surface area contributed by atoms with E-state index in [1.807, 2.05) is 31.2 Å². The molecule has 3 aromatic rings. The van der Waals surface area contributed by atoms with E-state index in [1.165, 1.54) is 16.8 Å². The van der Waals surface area contributed by atoms with Gasteiger partial charge in [-0.2, -0.15) is 0 Å². The molecule has 0 saturated carbocycles. The average molecular weight is 488 g/mol. The third-order valence-corrected chi connectivity index (χ3v) is 7.52. The van der Waals surface area contributed by atoms with Crippen LogP contribution in [0.1, 0.15) is 42.5 Å². The maximum Gasteiger partial charge on any atom is 0.238 e. The smallest absolute Gasteiger partial charge is 0.238 e. The molecule has 182 valence electrons. The number of rotatable bonds is 8. The molecule has 2 heterocycles. The lowest BCUT2D eigenvalue weighted by Crippen LogP contribution is -2.29. The van der Waals surface area contributed by atoms with E-state index in [-0.39, 0.29) is 22.6 Å². The molecule has 10 heteroatoms. The molecule has 0 radical (unpaired) electrons. The van der Waals surface area contributed by atoms with E-state index in [9.17, 15) is 13.5 Å². The molecule has 1 unspecified atom stereocenters. The van der Waals surface area contributed by atoms with Crippen LogP contribution in [0.5, 0.6) is 0 Å². The minimum absolute atomic E-state index is 0.105. The van der Waals surface area contributed by atoms with Gasteiger partial charge >= 0.3 is 0 Å². The number of sulfonamides is 1. The molecule has 4 rings (SSSR count). The van der Waals surface area contributed by atoms with Crippen molar-refractivity contribution in [1.29, 1.82) is 0 Å². The summed E-state index contributed by atoms with van der Waals surface area (Å²) in [5.41, 5.74) is 2.11. The van der Waals surface area contributed by atoms with Crippen molar-refractivity contribution < 1.29 is 17.9 Å². The molecular weight excluding hydrogens is 457 g/mol. The number of hydrogen-bond acceptors (Lipinski definition) is 6. The highest BCUT2D eigenvalue weighted by Gasteiger charge is 2.36.